The molecular formula is C17H12FN5O2. The van der Waals surface area contributed by atoms with Crippen molar-refractivity contribution in [3.63, 3.8) is 0 Å². The number of carboxylic acids is 1. The van der Waals surface area contributed by atoms with Gasteiger partial charge >= 0.3 is 5.97 Å². The van der Waals surface area contributed by atoms with Crippen LogP contribution in [0.1, 0.15) is 21.6 Å². The number of carboxylic acid groups (broad SMARTS) is 1. The lowest BCUT2D eigenvalue weighted by Crippen LogP contribution is -2.04. The summed E-state index contributed by atoms with van der Waals surface area (Å²) in [5, 5.41) is 22.3. The first-order valence-electron chi connectivity index (χ1n) is 7.19. The zero-order valence-corrected chi connectivity index (χ0v) is 12.8. The molecule has 124 valence electrons. The standard InChI is InChI=1S/C17H12FN5O2/c18-15-4-2-1-3-12(15)13-7-21-11(5-10(13)6-19)8-23-9-14(17(24)25)16(20)22-23/h1-5,7,9H,8H2,(H2,20,22)(H,24,25). The highest BCUT2D eigenvalue weighted by Crippen LogP contribution is 2.26. The van der Waals surface area contributed by atoms with Gasteiger partial charge in [-0.3, -0.25) is 9.67 Å². The summed E-state index contributed by atoms with van der Waals surface area (Å²) in [5.41, 5.74) is 6.83. The van der Waals surface area contributed by atoms with Crippen LogP contribution in [0, 0.1) is 17.1 Å². The highest BCUT2D eigenvalue weighted by molar-refractivity contribution is 5.92. The first-order chi connectivity index (χ1) is 12.0. The van der Waals surface area contributed by atoms with Crippen molar-refractivity contribution < 1.29 is 14.3 Å². The fraction of sp³-hybridized carbons (Fsp3) is 0.0588. The van der Waals surface area contributed by atoms with E-state index < -0.39 is 11.8 Å². The first kappa shape index (κ1) is 16.1. The minimum Gasteiger partial charge on any atom is -0.477 e. The second-order valence-corrected chi connectivity index (χ2v) is 5.24. The molecule has 2 heterocycles. The third-order valence-corrected chi connectivity index (χ3v) is 3.59. The maximum Gasteiger partial charge on any atom is 0.341 e. The van der Waals surface area contributed by atoms with Gasteiger partial charge in [0.1, 0.15) is 11.4 Å². The molecule has 0 saturated heterocycles. The van der Waals surface area contributed by atoms with Gasteiger partial charge in [-0.15, -0.1) is 0 Å². The molecule has 2 aromatic heterocycles. The minimum absolute atomic E-state index is 0.101. The van der Waals surface area contributed by atoms with Crippen LogP contribution in [0.3, 0.4) is 0 Å². The maximum atomic E-state index is 13.9. The highest BCUT2D eigenvalue weighted by atomic mass is 19.1. The SMILES string of the molecule is N#Cc1cc(Cn2cc(C(=O)O)c(N)n2)ncc1-c1ccccc1F. The Morgan fingerprint density at radius 3 is 2.76 bits per heavy atom. The quantitative estimate of drug-likeness (QED) is 0.754. The van der Waals surface area contributed by atoms with Crippen LogP contribution in [0.5, 0.6) is 0 Å². The molecule has 7 nitrogen and oxygen atoms in total. The van der Waals surface area contributed by atoms with Crippen molar-refractivity contribution in [2.45, 2.75) is 6.54 Å². The second-order valence-electron chi connectivity index (χ2n) is 5.24. The number of aromatic carboxylic acids is 1. The largest absolute Gasteiger partial charge is 0.477 e. The zero-order valence-electron chi connectivity index (χ0n) is 12.8. The highest BCUT2D eigenvalue weighted by Gasteiger charge is 2.15. The Labute approximate surface area is 141 Å². The lowest BCUT2D eigenvalue weighted by Gasteiger charge is -2.07. The number of pyridine rings is 1. The molecule has 0 unspecified atom stereocenters. The van der Waals surface area contributed by atoms with E-state index >= 15 is 0 Å². The van der Waals surface area contributed by atoms with Gasteiger partial charge in [0.05, 0.1) is 23.9 Å². The lowest BCUT2D eigenvalue weighted by molar-refractivity contribution is 0.0698. The number of hydrogen-bond acceptors (Lipinski definition) is 5. The van der Waals surface area contributed by atoms with E-state index in [0.29, 0.717) is 11.3 Å². The van der Waals surface area contributed by atoms with Crippen LogP contribution in [0.4, 0.5) is 10.2 Å². The predicted molar refractivity (Wildman–Crippen MR) is 87.0 cm³/mol. The van der Waals surface area contributed by atoms with Gasteiger partial charge in [0.25, 0.3) is 0 Å². The van der Waals surface area contributed by atoms with E-state index in [9.17, 15) is 14.4 Å². The van der Waals surface area contributed by atoms with E-state index in [2.05, 4.69) is 10.1 Å². The average molecular weight is 337 g/mol. The minimum atomic E-state index is -1.18. The Kier molecular flexibility index (Phi) is 4.14. The van der Waals surface area contributed by atoms with Gasteiger partial charge in [0, 0.05) is 23.5 Å². The molecule has 0 aliphatic rings. The Bertz CT molecular complexity index is 1010. The Hall–Kier alpha value is -3.73. The van der Waals surface area contributed by atoms with Crippen LogP contribution >= 0.6 is 0 Å². The van der Waals surface area contributed by atoms with E-state index in [1.807, 2.05) is 6.07 Å². The summed E-state index contributed by atoms with van der Waals surface area (Å²) in [6.45, 7) is 0.129. The number of benzene rings is 1. The average Bonchev–Trinajstić information content (AvgIpc) is 2.96. The molecule has 8 heteroatoms. The van der Waals surface area contributed by atoms with E-state index in [4.69, 9.17) is 10.8 Å². The monoisotopic (exact) mass is 337 g/mol. The van der Waals surface area contributed by atoms with Crippen molar-refractivity contribution in [3.8, 4) is 17.2 Å². The number of nitriles is 1. The molecule has 0 atom stereocenters. The number of nitrogens with two attached hydrogens (primary N) is 1. The van der Waals surface area contributed by atoms with Gasteiger partial charge in [0.2, 0.25) is 0 Å². The van der Waals surface area contributed by atoms with Crippen molar-refractivity contribution in [2.75, 3.05) is 5.73 Å². The third kappa shape index (κ3) is 3.16. The molecule has 0 aliphatic carbocycles. The predicted octanol–water partition coefficient (Wildman–Crippen LogP) is 2.28. The molecule has 25 heavy (non-hydrogen) atoms. The van der Waals surface area contributed by atoms with Crippen LogP contribution in [0.2, 0.25) is 0 Å². The van der Waals surface area contributed by atoms with Crippen LogP contribution in [-0.4, -0.2) is 25.8 Å². The second kappa shape index (κ2) is 6.41. The fourth-order valence-corrected chi connectivity index (χ4v) is 2.42. The Morgan fingerprint density at radius 2 is 2.12 bits per heavy atom. The van der Waals surface area contributed by atoms with Gasteiger partial charge in [-0.05, 0) is 12.1 Å². The van der Waals surface area contributed by atoms with Crippen molar-refractivity contribution in [2.24, 2.45) is 0 Å². The number of halogens is 1. The summed E-state index contributed by atoms with van der Waals surface area (Å²) in [6, 6.07) is 9.66. The molecule has 0 amide bonds. The molecule has 0 bridgehead atoms. The number of rotatable bonds is 4. The maximum absolute atomic E-state index is 13.9. The van der Waals surface area contributed by atoms with Gasteiger partial charge in [-0.2, -0.15) is 10.4 Å². The van der Waals surface area contributed by atoms with E-state index in [1.54, 1.807) is 18.2 Å². The smallest absolute Gasteiger partial charge is 0.341 e. The topological polar surface area (TPSA) is 118 Å². The normalized spacial score (nSPS) is 10.4. The summed E-state index contributed by atoms with van der Waals surface area (Å²) >= 11 is 0. The molecule has 3 N–H and O–H groups in total. The number of aromatic nitrogens is 3. The molecule has 0 saturated carbocycles. The molecule has 0 radical (unpaired) electrons. The molecular weight excluding hydrogens is 325 g/mol. The number of nitrogens with zero attached hydrogens (tertiary/aromatic N) is 4. The van der Waals surface area contributed by atoms with Gasteiger partial charge in [0.15, 0.2) is 5.82 Å². The first-order valence-corrected chi connectivity index (χ1v) is 7.19. The van der Waals surface area contributed by atoms with Crippen LogP contribution in [-0.2, 0) is 6.54 Å². The van der Waals surface area contributed by atoms with Crippen LogP contribution in [0.15, 0.2) is 42.7 Å². The van der Waals surface area contributed by atoms with Gasteiger partial charge in [-0.1, -0.05) is 18.2 Å². The Balaban J connectivity index is 1.95. The molecule has 3 aromatic rings. The molecule has 0 spiro atoms. The van der Waals surface area contributed by atoms with Crippen molar-refractivity contribution in [1.29, 1.82) is 5.26 Å². The Morgan fingerprint density at radius 1 is 1.36 bits per heavy atom. The number of carbonyl (C=O) groups is 1. The van der Waals surface area contributed by atoms with E-state index in [0.717, 1.165) is 0 Å². The number of hydrogen-bond donors (Lipinski definition) is 2. The van der Waals surface area contributed by atoms with Gasteiger partial charge < -0.3 is 10.8 Å². The summed E-state index contributed by atoms with van der Waals surface area (Å²) in [5.74, 6) is -1.72. The van der Waals surface area contributed by atoms with E-state index in [-0.39, 0.29) is 29.1 Å². The van der Waals surface area contributed by atoms with E-state index in [1.165, 1.54) is 29.2 Å². The molecule has 0 aliphatic heterocycles. The van der Waals surface area contributed by atoms with Crippen molar-refractivity contribution in [3.05, 3.63) is 65.4 Å². The van der Waals surface area contributed by atoms with Crippen molar-refractivity contribution in [1.82, 2.24) is 14.8 Å². The molecule has 1 aromatic carbocycles. The number of nitrogen functional groups attached to an aromatic ring is 1. The fourth-order valence-electron chi connectivity index (χ4n) is 2.42. The third-order valence-electron chi connectivity index (χ3n) is 3.59. The van der Waals surface area contributed by atoms with Crippen LogP contribution in [0.25, 0.3) is 11.1 Å². The van der Waals surface area contributed by atoms with Crippen molar-refractivity contribution >= 4 is 11.8 Å². The van der Waals surface area contributed by atoms with Crippen LogP contribution < -0.4 is 5.73 Å². The zero-order chi connectivity index (χ0) is 18.0. The number of anilines is 1. The summed E-state index contributed by atoms with van der Waals surface area (Å²) < 4.78 is 15.3. The lowest BCUT2D eigenvalue weighted by atomic mass is 10.0. The molecule has 0 fully saturated rings. The summed E-state index contributed by atoms with van der Waals surface area (Å²) in [4.78, 5) is 15.2. The summed E-state index contributed by atoms with van der Waals surface area (Å²) in [7, 11) is 0. The summed E-state index contributed by atoms with van der Waals surface area (Å²) in [6.07, 6.45) is 2.70. The van der Waals surface area contributed by atoms with Gasteiger partial charge in [-0.25, -0.2) is 9.18 Å². The molecule has 3 rings (SSSR count).